The predicted octanol–water partition coefficient (Wildman–Crippen LogP) is 3.32. The number of amides is 1. The maximum Gasteiger partial charge on any atom is 0.226 e. The molecular weight excluding hydrogens is 298 g/mol. The molecular formula is C16H21N3O2S. The number of methoxy groups -OCH3 is 1. The Kier molecular flexibility index (Phi) is 5.89. The van der Waals surface area contributed by atoms with E-state index in [0.29, 0.717) is 23.9 Å². The van der Waals surface area contributed by atoms with Gasteiger partial charge in [-0.2, -0.15) is 0 Å². The average Bonchev–Trinajstić information content (AvgIpc) is 2.91. The van der Waals surface area contributed by atoms with Crippen molar-refractivity contribution < 1.29 is 9.53 Å². The van der Waals surface area contributed by atoms with Crippen molar-refractivity contribution in [3.05, 3.63) is 34.8 Å². The molecule has 1 aromatic carbocycles. The molecule has 0 fully saturated rings. The van der Waals surface area contributed by atoms with Gasteiger partial charge in [-0.25, -0.2) is 0 Å². The molecule has 0 atom stereocenters. The number of carbonyl (C=O) groups excluding carboxylic acids is 1. The molecule has 5 nitrogen and oxygen atoms in total. The van der Waals surface area contributed by atoms with E-state index in [1.54, 1.807) is 7.11 Å². The summed E-state index contributed by atoms with van der Waals surface area (Å²) in [7, 11) is 1.64. The van der Waals surface area contributed by atoms with Crippen molar-refractivity contribution in [2.75, 3.05) is 12.4 Å². The third-order valence-corrected chi connectivity index (χ3v) is 3.97. The average molecular weight is 319 g/mol. The standard InChI is InChI=1S/C16H21N3O2S/c1-11(2)10-15-18-19-16(22-15)17-14(20)9-8-12-6-4-5-7-13(12)21-3/h4-7,11H,8-10H2,1-3H3,(H,17,19,20). The van der Waals surface area contributed by atoms with Crippen LogP contribution in [0.25, 0.3) is 0 Å². The zero-order valence-corrected chi connectivity index (χ0v) is 13.9. The highest BCUT2D eigenvalue weighted by atomic mass is 32.1. The Bertz CT molecular complexity index is 625. The molecule has 1 N–H and O–H groups in total. The van der Waals surface area contributed by atoms with Gasteiger partial charge in [-0.1, -0.05) is 43.4 Å². The number of benzene rings is 1. The molecule has 0 unspecified atom stereocenters. The number of hydrogen-bond donors (Lipinski definition) is 1. The third-order valence-electron chi connectivity index (χ3n) is 3.11. The molecule has 1 amide bonds. The van der Waals surface area contributed by atoms with Crippen LogP contribution in [0.5, 0.6) is 5.75 Å². The quantitative estimate of drug-likeness (QED) is 0.850. The topological polar surface area (TPSA) is 64.1 Å². The largest absolute Gasteiger partial charge is 0.496 e. The number of aryl methyl sites for hydroxylation is 1. The lowest BCUT2D eigenvalue weighted by Gasteiger charge is -2.07. The van der Waals surface area contributed by atoms with E-state index in [1.165, 1.54) is 11.3 Å². The molecule has 0 aliphatic carbocycles. The number of hydrogen-bond acceptors (Lipinski definition) is 5. The first-order chi connectivity index (χ1) is 10.6. The number of carbonyl (C=O) groups is 1. The molecule has 1 aromatic heterocycles. The minimum Gasteiger partial charge on any atom is -0.496 e. The second kappa shape index (κ2) is 7.89. The fourth-order valence-electron chi connectivity index (χ4n) is 2.08. The molecule has 0 bridgehead atoms. The Hall–Kier alpha value is -1.95. The van der Waals surface area contributed by atoms with Crippen LogP contribution in [0.1, 0.15) is 30.8 Å². The van der Waals surface area contributed by atoms with E-state index in [4.69, 9.17) is 4.74 Å². The minimum atomic E-state index is -0.0573. The van der Waals surface area contributed by atoms with Crippen molar-refractivity contribution in [1.82, 2.24) is 10.2 Å². The Labute approximate surface area is 134 Å². The SMILES string of the molecule is COc1ccccc1CCC(=O)Nc1nnc(CC(C)C)s1. The van der Waals surface area contributed by atoms with E-state index in [1.807, 2.05) is 24.3 Å². The summed E-state index contributed by atoms with van der Waals surface area (Å²) in [6, 6.07) is 7.73. The number of rotatable bonds is 7. The van der Waals surface area contributed by atoms with Gasteiger partial charge in [0.15, 0.2) is 0 Å². The Morgan fingerprint density at radius 2 is 2.09 bits per heavy atom. The number of anilines is 1. The number of ether oxygens (including phenoxy) is 1. The lowest BCUT2D eigenvalue weighted by molar-refractivity contribution is -0.116. The van der Waals surface area contributed by atoms with Gasteiger partial charge in [-0.3, -0.25) is 4.79 Å². The molecule has 0 aliphatic rings. The van der Waals surface area contributed by atoms with Crippen LogP contribution in [0.3, 0.4) is 0 Å². The van der Waals surface area contributed by atoms with Crippen LogP contribution in [-0.2, 0) is 17.6 Å². The molecule has 2 rings (SSSR count). The van der Waals surface area contributed by atoms with Gasteiger partial charge in [0.05, 0.1) is 7.11 Å². The first kappa shape index (κ1) is 16.4. The van der Waals surface area contributed by atoms with E-state index in [-0.39, 0.29) is 5.91 Å². The van der Waals surface area contributed by atoms with Crippen molar-refractivity contribution in [3.63, 3.8) is 0 Å². The van der Waals surface area contributed by atoms with Crippen molar-refractivity contribution >= 4 is 22.4 Å². The molecule has 0 saturated heterocycles. The van der Waals surface area contributed by atoms with Crippen LogP contribution in [0.15, 0.2) is 24.3 Å². The van der Waals surface area contributed by atoms with Gasteiger partial charge in [0.25, 0.3) is 0 Å². The molecule has 118 valence electrons. The summed E-state index contributed by atoms with van der Waals surface area (Å²) < 4.78 is 5.28. The summed E-state index contributed by atoms with van der Waals surface area (Å²) in [5, 5.41) is 12.4. The Morgan fingerprint density at radius 1 is 1.32 bits per heavy atom. The highest BCUT2D eigenvalue weighted by Crippen LogP contribution is 2.20. The maximum atomic E-state index is 12.0. The first-order valence-corrected chi connectivity index (χ1v) is 8.14. The summed E-state index contributed by atoms with van der Waals surface area (Å²) in [4.78, 5) is 12.0. The second-order valence-corrected chi connectivity index (χ2v) is 6.52. The number of nitrogens with zero attached hydrogens (tertiary/aromatic N) is 2. The fourth-order valence-corrected chi connectivity index (χ4v) is 3.04. The molecule has 2 aromatic rings. The summed E-state index contributed by atoms with van der Waals surface area (Å²) in [6.45, 7) is 4.26. The van der Waals surface area contributed by atoms with Gasteiger partial charge in [-0.05, 0) is 24.0 Å². The molecule has 0 radical (unpaired) electrons. The van der Waals surface area contributed by atoms with Gasteiger partial charge >= 0.3 is 0 Å². The third kappa shape index (κ3) is 4.80. The second-order valence-electron chi connectivity index (χ2n) is 5.46. The Morgan fingerprint density at radius 3 is 2.82 bits per heavy atom. The molecule has 22 heavy (non-hydrogen) atoms. The molecule has 0 saturated carbocycles. The van der Waals surface area contributed by atoms with E-state index in [0.717, 1.165) is 22.7 Å². The van der Waals surface area contributed by atoms with Crippen LogP contribution in [0.4, 0.5) is 5.13 Å². The summed E-state index contributed by atoms with van der Waals surface area (Å²) in [5.41, 5.74) is 1.03. The molecule has 0 aliphatic heterocycles. The minimum absolute atomic E-state index is 0.0573. The molecule has 0 spiro atoms. The predicted molar refractivity (Wildman–Crippen MR) is 88.4 cm³/mol. The smallest absolute Gasteiger partial charge is 0.226 e. The number of aromatic nitrogens is 2. The van der Waals surface area contributed by atoms with Gasteiger partial charge < -0.3 is 10.1 Å². The first-order valence-electron chi connectivity index (χ1n) is 7.32. The monoisotopic (exact) mass is 319 g/mol. The Balaban J connectivity index is 1.86. The fraction of sp³-hybridized carbons (Fsp3) is 0.438. The zero-order chi connectivity index (χ0) is 15.9. The van der Waals surface area contributed by atoms with Crippen molar-refractivity contribution in [3.8, 4) is 5.75 Å². The van der Waals surface area contributed by atoms with Gasteiger partial charge in [0.1, 0.15) is 10.8 Å². The normalized spacial score (nSPS) is 10.7. The van der Waals surface area contributed by atoms with Gasteiger partial charge in [0.2, 0.25) is 11.0 Å². The van der Waals surface area contributed by atoms with Crippen molar-refractivity contribution in [2.45, 2.75) is 33.1 Å². The highest BCUT2D eigenvalue weighted by molar-refractivity contribution is 7.15. The van der Waals surface area contributed by atoms with E-state index >= 15 is 0 Å². The highest BCUT2D eigenvalue weighted by Gasteiger charge is 2.10. The van der Waals surface area contributed by atoms with Gasteiger partial charge in [0, 0.05) is 12.8 Å². The molecule has 6 heteroatoms. The van der Waals surface area contributed by atoms with Crippen LogP contribution < -0.4 is 10.1 Å². The van der Waals surface area contributed by atoms with Crippen LogP contribution >= 0.6 is 11.3 Å². The van der Waals surface area contributed by atoms with E-state index in [2.05, 4.69) is 29.4 Å². The maximum absolute atomic E-state index is 12.0. The zero-order valence-electron chi connectivity index (χ0n) is 13.1. The summed E-state index contributed by atoms with van der Waals surface area (Å²) in [5.74, 6) is 1.28. The lowest BCUT2D eigenvalue weighted by Crippen LogP contribution is -2.12. The van der Waals surface area contributed by atoms with Crippen LogP contribution in [0, 0.1) is 5.92 Å². The van der Waals surface area contributed by atoms with E-state index in [9.17, 15) is 4.79 Å². The van der Waals surface area contributed by atoms with Crippen LogP contribution in [-0.4, -0.2) is 23.2 Å². The van der Waals surface area contributed by atoms with E-state index < -0.39 is 0 Å². The summed E-state index contributed by atoms with van der Waals surface area (Å²) in [6.07, 6.45) is 1.90. The van der Waals surface area contributed by atoms with Crippen molar-refractivity contribution in [2.24, 2.45) is 5.92 Å². The van der Waals surface area contributed by atoms with Crippen LogP contribution in [0.2, 0.25) is 0 Å². The lowest BCUT2D eigenvalue weighted by atomic mass is 10.1. The number of para-hydroxylation sites is 1. The van der Waals surface area contributed by atoms with Gasteiger partial charge in [-0.15, -0.1) is 10.2 Å². The molecule has 1 heterocycles. The summed E-state index contributed by atoms with van der Waals surface area (Å²) >= 11 is 1.44. The number of nitrogens with one attached hydrogen (secondary N) is 1. The van der Waals surface area contributed by atoms with Crippen molar-refractivity contribution in [1.29, 1.82) is 0 Å².